The van der Waals surface area contributed by atoms with Gasteiger partial charge in [-0.25, -0.2) is 0 Å². The van der Waals surface area contributed by atoms with Crippen LogP contribution in [0.15, 0.2) is 28.7 Å². The number of furan rings is 1. The Balaban J connectivity index is 2.09. The molecule has 1 aromatic carbocycles. The number of para-hydroxylation sites is 1. The molecule has 1 heterocycles. The average molecular weight is 287 g/mol. The van der Waals surface area contributed by atoms with E-state index in [0.29, 0.717) is 17.8 Å². The van der Waals surface area contributed by atoms with Crippen molar-refractivity contribution in [2.45, 2.75) is 47.6 Å². The molecule has 2 heteroatoms. The van der Waals surface area contributed by atoms with Gasteiger partial charge in [0.15, 0.2) is 0 Å². The van der Waals surface area contributed by atoms with Gasteiger partial charge in [0.25, 0.3) is 0 Å². The molecule has 21 heavy (non-hydrogen) atoms. The molecule has 0 aliphatic heterocycles. The molecule has 0 aliphatic rings. The normalized spacial score (nSPS) is 12.2. The Kier molecular flexibility index (Phi) is 5.46. The van der Waals surface area contributed by atoms with Crippen LogP contribution in [0.2, 0.25) is 0 Å². The van der Waals surface area contributed by atoms with E-state index in [2.05, 4.69) is 58.1 Å². The van der Waals surface area contributed by atoms with Gasteiger partial charge in [-0.3, -0.25) is 0 Å². The second-order valence-corrected chi connectivity index (χ2v) is 6.64. The Hall–Kier alpha value is -1.28. The third-order valence-corrected chi connectivity index (χ3v) is 4.50. The van der Waals surface area contributed by atoms with Gasteiger partial charge in [0.1, 0.15) is 11.3 Å². The number of hydrogen-bond donors (Lipinski definition) is 1. The van der Waals surface area contributed by atoms with E-state index >= 15 is 0 Å². The number of aryl methyl sites for hydroxylation is 1. The van der Waals surface area contributed by atoms with E-state index in [1.165, 1.54) is 10.9 Å². The zero-order chi connectivity index (χ0) is 15.4. The van der Waals surface area contributed by atoms with Crippen molar-refractivity contribution in [1.29, 1.82) is 0 Å². The van der Waals surface area contributed by atoms with Gasteiger partial charge < -0.3 is 9.73 Å². The molecule has 0 atom stereocenters. The number of hydrogen-bond acceptors (Lipinski definition) is 2. The highest BCUT2D eigenvalue weighted by molar-refractivity contribution is 5.82. The summed E-state index contributed by atoms with van der Waals surface area (Å²) in [5.74, 6) is 3.26. The Morgan fingerprint density at radius 1 is 1.05 bits per heavy atom. The summed E-state index contributed by atoms with van der Waals surface area (Å²) in [4.78, 5) is 0. The molecule has 2 nitrogen and oxygen atoms in total. The summed E-state index contributed by atoms with van der Waals surface area (Å²) < 4.78 is 5.96. The lowest BCUT2D eigenvalue weighted by atomic mass is 9.85. The van der Waals surface area contributed by atoms with E-state index in [4.69, 9.17) is 4.42 Å². The number of fused-ring (bicyclic) bond motifs is 1. The van der Waals surface area contributed by atoms with Crippen LogP contribution >= 0.6 is 0 Å². The van der Waals surface area contributed by atoms with Gasteiger partial charge in [-0.15, -0.1) is 0 Å². The van der Waals surface area contributed by atoms with Crippen molar-refractivity contribution in [2.24, 2.45) is 17.8 Å². The highest BCUT2D eigenvalue weighted by Crippen LogP contribution is 2.26. The lowest BCUT2D eigenvalue weighted by Gasteiger charge is -2.25. The maximum atomic E-state index is 5.96. The lowest BCUT2D eigenvalue weighted by Crippen LogP contribution is -2.29. The van der Waals surface area contributed by atoms with Gasteiger partial charge in [-0.05, 0) is 30.4 Å². The summed E-state index contributed by atoms with van der Waals surface area (Å²) in [6.45, 7) is 13.4. The second-order valence-electron chi connectivity index (χ2n) is 6.64. The number of rotatable bonds is 7. The third-order valence-electron chi connectivity index (χ3n) is 4.50. The molecule has 0 saturated carbocycles. The highest BCUT2D eigenvalue weighted by Gasteiger charge is 2.18. The minimum absolute atomic E-state index is 0.712. The van der Waals surface area contributed by atoms with Crippen LogP contribution in [0, 0.1) is 17.8 Å². The molecular formula is C19H29NO. The molecule has 0 radical (unpaired) electrons. The molecule has 0 fully saturated rings. The van der Waals surface area contributed by atoms with Gasteiger partial charge in [0.05, 0.1) is 0 Å². The third kappa shape index (κ3) is 3.68. The van der Waals surface area contributed by atoms with E-state index < -0.39 is 0 Å². The van der Waals surface area contributed by atoms with Gasteiger partial charge in [0, 0.05) is 23.9 Å². The molecular weight excluding hydrogens is 258 g/mol. The largest absolute Gasteiger partial charge is 0.461 e. The van der Waals surface area contributed by atoms with Gasteiger partial charge in [0.2, 0.25) is 0 Å². The molecule has 0 spiro atoms. The summed E-state index contributed by atoms with van der Waals surface area (Å²) in [5, 5.41) is 4.91. The zero-order valence-electron chi connectivity index (χ0n) is 14.1. The molecule has 0 bridgehead atoms. The van der Waals surface area contributed by atoms with Crippen molar-refractivity contribution in [1.82, 2.24) is 5.32 Å². The minimum atomic E-state index is 0.712. The van der Waals surface area contributed by atoms with Crippen LogP contribution in [-0.4, -0.2) is 6.54 Å². The topological polar surface area (TPSA) is 25.2 Å². The molecule has 0 aliphatic carbocycles. The Labute approximate surface area is 128 Å². The van der Waals surface area contributed by atoms with E-state index in [1.807, 2.05) is 6.07 Å². The van der Waals surface area contributed by atoms with Crippen molar-refractivity contribution >= 4 is 11.0 Å². The smallest absolute Gasteiger partial charge is 0.134 e. The SMILES string of the molecule is CCc1oc2ccccc2c1CNCC(C(C)C)C(C)C. The molecule has 1 aromatic heterocycles. The van der Waals surface area contributed by atoms with Crippen molar-refractivity contribution in [3.8, 4) is 0 Å². The summed E-state index contributed by atoms with van der Waals surface area (Å²) in [6.07, 6.45) is 0.948. The Morgan fingerprint density at radius 3 is 2.33 bits per heavy atom. The minimum Gasteiger partial charge on any atom is -0.461 e. The fourth-order valence-electron chi connectivity index (χ4n) is 3.23. The summed E-state index contributed by atoms with van der Waals surface area (Å²) in [5.41, 5.74) is 2.34. The van der Waals surface area contributed by atoms with Crippen LogP contribution in [0.5, 0.6) is 0 Å². The molecule has 2 rings (SSSR count). The van der Waals surface area contributed by atoms with E-state index in [1.54, 1.807) is 0 Å². The van der Waals surface area contributed by atoms with Crippen molar-refractivity contribution in [3.63, 3.8) is 0 Å². The monoisotopic (exact) mass is 287 g/mol. The first-order valence-corrected chi connectivity index (χ1v) is 8.24. The number of nitrogens with one attached hydrogen (secondary N) is 1. The standard InChI is InChI=1S/C19H29NO/c1-6-18-17(15-9-7-8-10-19(15)21-18)12-20-11-16(13(2)3)14(4)5/h7-10,13-14,16,20H,6,11-12H2,1-5H3. The quantitative estimate of drug-likeness (QED) is 0.774. The van der Waals surface area contributed by atoms with Crippen molar-refractivity contribution < 1.29 is 4.42 Å². The fourth-order valence-corrected chi connectivity index (χ4v) is 3.23. The van der Waals surface area contributed by atoms with Crippen LogP contribution in [0.1, 0.15) is 45.9 Å². The van der Waals surface area contributed by atoms with Crippen molar-refractivity contribution in [3.05, 3.63) is 35.6 Å². The molecule has 116 valence electrons. The predicted molar refractivity (Wildman–Crippen MR) is 90.5 cm³/mol. The first-order chi connectivity index (χ1) is 10.0. The molecule has 0 saturated heterocycles. The van der Waals surface area contributed by atoms with Gasteiger partial charge in [-0.2, -0.15) is 0 Å². The van der Waals surface area contributed by atoms with Crippen LogP contribution in [-0.2, 0) is 13.0 Å². The highest BCUT2D eigenvalue weighted by atomic mass is 16.3. The van der Waals surface area contributed by atoms with E-state index in [0.717, 1.165) is 30.9 Å². The average Bonchev–Trinajstić information content (AvgIpc) is 2.80. The first-order valence-electron chi connectivity index (χ1n) is 8.24. The van der Waals surface area contributed by atoms with E-state index in [-0.39, 0.29) is 0 Å². The van der Waals surface area contributed by atoms with Gasteiger partial charge >= 0.3 is 0 Å². The van der Waals surface area contributed by atoms with Gasteiger partial charge in [-0.1, -0.05) is 52.8 Å². The maximum absolute atomic E-state index is 5.96. The van der Waals surface area contributed by atoms with Crippen molar-refractivity contribution in [2.75, 3.05) is 6.54 Å². The molecule has 2 aromatic rings. The second kappa shape index (κ2) is 7.13. The Morgan fingerprint density at radius 2 is 1.71 bits per heavy atom. The summed E-state index contributed by atoms with van der Waals surface area (Å²) >= 11 is 0. The maximum Gasteiger partial charge on any atom is 0.134 e. The molecule has 0 unspecified atom stereocenters. The summed E-state index contributed by atoms with van der Waals surface area (Å²) in [6, 6.07) is 8.35. The van der Waals surface area contributed by atoms with Crippen LogP contribution in [0.4, 0.5) is 0 Å². The first kappa shape index (κ1) is 16.1. The van der Waals surface area contributed by atoms with Crippen LogP contribution in [0.3, 0.4) is 0 Å². The molecule has 1 N–H and O–H groups in total. The predicted octanol–water partition coefficient (Wildman–Crippen LogP) is 5.01. The molecule has 0 amide bonds. The zero-order valence-corrected chi connectivity index (χ0v) is 14.1. The lowest BCUT2D eigenvalue weighted by molar-refractivity contribution is 0.275. The summed E-state index contributed by atoms with van der Waals surface area (Å²) in [7, 11) is 0. The fraction of sp³-hybridized carbons (Fsp3) is 0.579. The number of benzene rings is 1. The Bertz CT molecular complexity index is 560. The van der Waals surface area contributed by atoms with E-state index in [9.17, 15) is 0 Å². The van der Waals surface area contributed by atoms with Crippen LogP contribution in [0.25, 0.3) is 11.0 Å². The van der Waals surface area contributed by atoms with Crippen LogP contribution < -0.4 is 5.32 Å².